The van der Waals surface area contributed by atoms with Gasteiger partial charge in [0, 0.05) is 5.02 Å². The van der Waals surface area contributed by atoms with Crippen LogP contribution in [0, 0.1) is 20.8 Å². The lowest BCUT2D eigenvalue weighted by atomic mass is 9.95. The van der Waals surface area contributed by atoms with E-state index in [1.807, 2.05) is 19.1 Å². The Morgan fingerprint density at radius 1 is 1.15 bits per heavy atom. The standard InChI is InChI=1S/C17H22ClNO/c1-5-7-19-16(17-11(2)6-8-20-17)14-9-13(4)15(18)10-12(14)3/h6,8-10,16,19H,5,7H2,1-4H3. The van der Waals surface area contributed by atoms with E-state index in [1.54, 1.807) is 6.26 Å². The molecule has 2 aromatic rings. The van der Waals surface area contributed by atoms with E-state index in [9.17, 15) is 0 Å². The van der Waals surface area contributed by atoms with Crippen LogP contribution in [-0.4, -0.2) is 6.54 Å². The number of furan rings is 1. The molecule has 0 saturated carbocycles. The van der Waals surface area contributed by atoms with Gasteiger partial charge in [-0.2, -0.15) is 0 Å². The molecule has 0 radical (unpaired) electrons. The number of nitrogens with one attached hydrogen (secondary N) is 1. The molecule has 1 N–H and O–H groups in total. The highest BCUT2D eigenvalue weighted by molar-refractivity contribution is 6.31. The molecule has 0 amide bonds. The summed E-state index contributed by atoms with van der Waals surface area (Å²) in [5, 5.41) is 4.40. The molecule has 1 atom stereocenters. The van der Waals surface area contributed by atoms with Crippen molar-refractivity contribution in [2.75, 3.05) is 6.54 Å². The Morgan fingerprint density at radius 2 is 1.90 bits per heavy atom. The summed E-state index contributed by atoms with van der Waals surface area (Å²) in [6.45, 7) is 9.33. The smallest absolute Gasteiger partial charge is 0.128 e. The Hall–Kier alpha value is -1.25. The minimum atomic E-state index is 0.0842. The van der Waals surface area contributed by atoms with Crippen LogP contribution < -0.4 is 5.32 Å². The normalized spacial score (nSPS) is 12.7. The molecule has 0 aliphatic heterocycles. The topological polar surface area (TPSA) is 25.2 Å². The second kappa shape index (κ2) is 6.47. The molecule has 3 heteroatoms. The van der Waals surface area contributed by atoms with E-state index in [-0.39, 0.29) is 6.04 Å². The lowest BCUT2D eigenvalue weighted by molar-refractivity contribution is 0.443. The number of benzene rings is 1. The molecule has 0 saturated heterocycles. The molecule has 0 fully saturated rings. The van der Waals surface area contributed by atoms with E-state index >= 15 is 0 Å². The van der Waals surface area contributed by atoms with Gasteiger partial charge >= 0.3 is 0 Å². The van der Waals surface area contributed by atoms with Crippen molar-refractivity contribution in [1.82, 2.24) is 5.32 Å². The van der Waals surface area contributed by atoms with Crippen molar-refractivity contribution in [2.24, 2.45) is 0 Å². The minimum Gasteiger partial charge on any atom is -0.467 e. The summed E-state index contributed by atoms with van der Waals surface area (Å²) in [6.07, 6.45) is 2.84. The second-order valence-electron chi connectivity index (χ2n) is 5.31. The molecular weight excluding hydrogens is 270 g/mol. The molecule has 2 nitrogen and oxygen atoms in total. The van der Waals surface area contributed by atoms with E-state index < -0.39 is 0 Å². The number of rotatable bonds is 5. The van der Waals surface area contributed by atoms with Gasteiger partial charge in [-0.1, -0.05) is 24.6 Å². The largest absolute Gasteiger partial charge is 0.467 e. The predicted octanol–water partition coefficient (Wildman–Crippen LogP) is 4.95. The van der Waals surface area contributed by atoms with Crippen molar-refractivity contribution in [2.45, 2.75) is 40.2 Å². The van der Waals surface area contributed by atoms with E-state index in [2.05, 4.69) is 32.2 Å². The first-order chi connectivity index (χ1) is 9.54. The summed E-state index contributed by atoms with van der Waals surface area (Å²) >= 11 is 6.21. The Kier molecular flexibility index (Phi) is 4.90. The molecule has 20 heavy (non-hydrogen) atoms. The predicted molar refractivity (Wildman–Crippen MR) is 84.5 cm³/mol. The summed E-state index contributed by atoms with van der Waals surface area (Å²) in [5.74, 6) is 0.989. The molecule has 1 aromatic carbocycles. The zero-order valence-electron chi connectivity index (χ0n) is 12.6. The summed E-state index contributed by atoms with van der Waals surface area (Å²) in [4.78, 5) is 0. The SMILES string of the molecule is CCCNC(c1cc(C)c(Cl)cc1C)c1occc1C. The molecule has 108 valence electrons. The first-order valence-corrected chi connectivity index (χ1v) is 7.46. The fourth-order valence-corrected chi connectivity index (χ4v) is 2.65. The fourth-order valence-electron chi connectivity index (χ4n) is 2.43. The first kappa shape index (κ1) is 15.1. The summed E-state index contributed by atoms with van der Waals surface area (Å²) in [6, 6.07) is 6.28. The van der Waals surface area contributed by atoms with Gasteiger partial charge in [-0.15, -0.1) is 0 Å². The van der Waals surface area contributed by atoms with Gasteiger partial charge in [0.15, 0.2) is 0 Å². The molecule has 1 unspecified atom stereocenters. The van der Waals surface area contributed by atoms with Crippen LogP contribution in [0.4, 0.5) is 0 Å². The molecule has 1 heterocycles. The van der Waals surface area contributed by atoms with Gasteiger partial charge in [-0.25, -0.2) is 0 Å². The van der Waals surface area contributed by atoms with Crippen LogP contribution >= 0.6 is 11.6 Å². The zero-order chi connectivity index (χ0) is 14.7. The van der Waals surface area contributed by atoms with E-state index in [4.69, 9.17) is 16.0 Å². The van der Waals surface area contributed by atoms with Crippen LogP contribution in [0.1, 0.15) is 47.4 Å². The lowest BCUT2D eigenvalue weighted by Crippen LogP contribution is -2.24. The average molecular weight is 292 g/mol. The van der Waals surface area contributed by atoms with Gasteiger partial charge in [-0.05, 0) is 68.1 Å². The highest BCUT2D eigenvalue weighted by Gasteiger charge is 2.21. The van der Waals surface area contributed by atoms with Gasteiger partial charge in [0.05, 0.1) is 12.3 Å². The summed E-state index contributed by atoms with van der Waals surface area (Å²) in [7, 11) is 0. The van der Waals surface area contributed by atoms with Crippen molar-refractivity contribution < 1.29 is 4.42 Å². The van der Waals surface area contributed by atoms with Crippen molar-refractivity contribution in [3.8, 4) is 0 Å². The number of aryl methyl sites for hydroxylation is 3. The van der Waals surface area contributed by atoms with Crippen LogP contribution in [0.25, 0.3) is 0 Å². The number of hydrogen-bond acceptors (Lipinski definition) is 2. The zero-order valence-corrected chi connectivity index (χ0v) is 13.3. The Balaban J connectivity index is 2.46. The molecule has 2 rings (SSSR count). The minimum absolute atomic E-state index is 0.0842. The van der Waals surface area contributed by atoms with E-state index in [0.29, 0.717) is 0 Å². The van der Waals surface area contributed by atoms with Crippen LogP contribution in [0.3, 0.4) is 0 Å². The van der Waals surface area contributed by atoms with Crippen LogP contribution in [0.15, 0.2) is 28.9 Å². The molecule has 1 aromatic heterocycles. The van der Waals surface area contributed by atoms with E-state index in [1.165, 1.54) is 16.7 Å². The number of hydrogen-bond donors (Lipinski definition) is 1. The Bertz CT molecular complexity index is 589. The van der Waals surface area contributed by atoms with E-state index in [0.717, 1.165) is 29.3 Å². The van der Waals surface area contributed by atoms with Crippen LogP contribution in [-0.2, 0) is 0 Å². The van der Waals surface area contributed by atoms with Gasteiger partial charge in [0.25, 0.3) is 0 Å². The van der Waals surface area contributed by atoms with Crippen molar-refractivity contribution in [3.63, 3.8) is 0 Å². The maximum absolute atomic E-state index is 6.21. The van der Waals surface area contributed by atoms with Crippen LogP contribution in [0.5, 0.6) is 0 Å². The lowest BCUT2D eigenvalue weighted by Gasteiger charge is -2.21. The third-order valence-electron chi connectivity index (χ3n) is 3.62. The highest BCUT2D eigenvalue weighted by Crippen LogP contribution is 2.31. The summed E-state index contributed by atoms with van der Waals surface area (Å²) < 4.78 is 5.71. The van der Waals surface area contributed by atoms with Crippen LogP contribution in [0.2, 0.25) is 5.02 Å². The molecule has 0 bridgehead atoms. The molecule has 0 aliphatic rings. The van der Waals surface area contributed by atoms with Crippen molar-refractivity contribution in [3.05, 3.63) is 57.5 Å². The van der Waals surface area contributed by atoms with Crippen molar-refractivity contribution >= 4 is 11.6 Å². The average Bonchev–Trinajstić information content (AvgIpc) is 2.82. The second-order valence-corrected chi connectivity index (χ2v) is 5.72. The Morgan fingerprint density at radius 3 is 2.50 bits per heavy atom. The molecule has 0 aliphatic carbocycles. The highest BCUT2D eigenvalue weighted by atomic mass is 35.5. The molecule has 0 spiro atoms. The first-order valence-electron chi connectivity index (χ1n) is 7.08. The van der Waals surface area contributed by atoms with Gasteiger partial charge in [-0.3, -0.25) is 0 Å². The third-order valence-corrected chi connectivity index (χ3v) is 4.03. The Labute approximate surface area is 126 Å². The van der Waals surface area contributed by atoms with Gasteiger partial charge in [0.2, 0.25) is 0 Å². The number of halogens is 1. The fraction of sp³-hybridized carbons (Fsp3) is 0.412. The maximum Gasteiger partial charge on any atom is 0.128 e. The quantitative estimate of drug-likeness (QED) is 0.843. The molecular formula is C17H22ClNO. The summed E-state index contributed by atoms with van der Waals surface area (Å²) in [5.41, 5.74) is 4.69. The monoisotopic (exact) mass is 291 g/mol. The van der Waals surface area contributed by atoms with Gasteiger partial charge in [0.1, 0.15) is 5.76 Å². The maximum atomic E-state index is 6.21. The third kappa shape index (κ3) is 3.08. The van der Waals surface area contributed by atoms with Crippen molar-refractivity contribution in [1.29, 1.82) is 0 Å². The van der Waals surface area contributed by atoms with Gasteiger partial charge < -0.3 is 9.73 Å².